The van der Waals surface area contributed by atoms with E-state index in [1.165, 1.54) is 13.1 Å². The van der Waals surface area contributed by atoms with Crippen LogP contribution in [0.5, 0.6) is 11.5 Å². The summed E-state index contributed by atoms with van der Waals surface area (Å²) in [6.07, 6.45) is 5.03. The lowest BCUT2D eigenvalue weighted by Crippen LogP contribution is -2.45. The lowest BCUT2D eigenvalue weighted by molar-refractivity contribution is -0.121. The van der Waals surface area contributed by atoms with Gasteiger partial charge in [-0.05, 0) is 42.6 Å². The van der Waals surface area contributed by atoms with Crippen molar-refractivity contribution in [3.63, 3.8) is 0 Å². The van der Waals surface area contributed by atoms with E-state index in [1.807, 2.05) is 0 Å². The third-order valence-corrected chi connectivity index (χ3v) is 6.87. The van der Waals surface area contributed by atoms with Gasteiger partial charge in [-0.15, -0.1) is 0 Å². The van der Waals surface area contributed by atoms with Gasteiger partial charge in [0.25, 0.3) is 11.1 Å². The van der Waals surface area contributed by atoms with Crippen LogP contribution in [0, 0.1) is 0 Å². The molecule has 2 saturated heterocycles. The summed E-state index contributed by atoms with van der Waals surface area (Å²) in [5, 5.41) is 9.95. The predicted octanol–water partition coefficient (Wildman–Crippen LogP) is 2.94. The first-order valence-corrected chi connectivity index (χ1v) is 11.5. The summed E-state index contributed by atoms with van der Waals surface area (Å²) in [7, 11) is 3.54. The molecule has 2 aliphatic rings. The number of aromatic hydroxyl groups is 1. The van der Waals surface area contributed by atoms with Gasteiger partial charge in [0, 0.05) is 55.7 Å². The average Bonchev–Trinajstić information content (AvgIpc) is 3.02. The van der Waals surface area contributed by atoms with Crippen molar-refractivity contribution in [2.24, 2.45) is 0 Å². The second-order valence-corrected chi connectivity index (χ2v) is 9.40. The number of likely N-dealkylation sites (N-methyl/N-ethyl adjacent to an activating group) is 2. The molecule has 168 valence electrons. The molecule has 0 unspecified atom stereocenters. The van der Waals surface area contributed by atoms with Gasteiger partial charge in [0.1, 0.15) is 6.61 Å². The Morgan fingerprint density at radius 1 is 1.16 bits per heavy atom. The highest BCUT2D eigenvalue weighted by Crippen LogP contribution is 2.37. The number of hydrogen-bond donors (Lipinski definition) is 1. The Hall–Kier alpha value is -2.63. The summed E-state index contributed by atoms with van der Waals surface area (Å²) < 4.78 is 6.36. The van der Waals surface area contributed by atoms with E-state index in [2.05, 4.69) is 42.7 Å². The van der Waals surface area contributed by atoms with E-state index in [9.17, 15) is 14.7 Å². The Kier molecular flexibility index (Phi) is 6.68. The van der Waals surface area contributed by atoms with Crippen molar-refractivity contribution in [2.45, 2.75) is 6.61 Å². The molecule has 2 aliphatic heterocycles. The number of hydrogen-bond acceptors (Lipinski definition) is 9. The molecule has 2 amide bonds. The Balaban J connectivity index is 1.45. The summed E-state index contributed by atoms with van der Waals surface area (Å²) in [5.74, 6) is 0.534. The number of halogens is 1. The van der Waals surface area contributed by atoms with Gasteiger partial charge >= 0.3 is 0 Å². The molecule has 1 N–H and O–H groups in total. The molecule has 0 radical (unpaired) electrons. The minimum atomic E-state index is -0.361. The van der Waals surface area contributed by atoms with Gasteiger partial charge in [-0.25, -0.2) is 9.97 Å². The van der Waals surface area contributed by atoms with Crippen LogP contribution >= 0.6 is 27.7 Å². The highest BCUT2D eigenvalue weighted by molar-refractivity contribution is 9.10. The lowest BCUT2D eigenvalue weighted by Gasteiger charge is -2.32. The molecule has 9 nitrogen and oxygen atoms in total. The summed E-state index contributed by atoms with van der Waals surface area (Å²) in [6.45, 7) is 3.90. The van der Waals surface area contributed by atoms with Crippen LogP contribution < -0.4 is 9.64 Å². The van der Waals surface area contributed by atoms with Crippen molar-refractivity contribution < 1.29 is 19.4 Å². The van der Waals surface area contributed by atoms with Crippen LogP contribution in [0.3, 0.4) is 0 Å². The van der Waals surface area contributed by atoms with Gasteiger partial charge in [-0.2, -0.15) is 0 Å². The van der Waals surface area contributed by atoms with Crippen LogP contribution in [0.25, 0.3) is 6.08 Å². The zero-order chi connectivity index (χ0) is 22.8. The van der Waals surface area contributed by atoms with Crippen LogP contribution in [-0.2, 0) is 11.4 Å². The monoisotopic (exact) mass is 519 g/mol. The number of piperazine rings is 1. The van der Waals surface area contributed by atoms with E-state index in [-0.39, 0.29) is 29.3 Å². The van der Waals surface area contributed by atoms with Gasteiger partial charge in [0.15, 0.2) is 11.5 Å². The molecular formula is C21H22BrN5O4S. The van der Waals surface area contributed by atoms with Crippen molar-refractivity contribution in [1.82, 2.24) is 19.8 Å². The van der Waals surface area contributed by atoms with E-state index in [1.54, 1.807) is 24.5 Å². The number of carbonyl (C=O) groups excluding carboxylic acids is 2. The number of amides is 2. The fraction of sp³-hybridized carbons (Fsp3) is 0.333. The SMILES string of the molecule is CN1CCN(c2ncc(COc3cc(/C=C4\SC(=O)N(C)C4=O)c(Br)cc3O)cn2)CC1. The van der Waals surface area contributed by atoms with Crippen molar-refractivity contribution in [3.05, 3.63) is 45.0 Å². The fourth-order valence-corrected chi connectivity index (χ4v) is 4.49. The Bertz CT molecular complexity index is 1070. The molecule has 1 aromatic heterocycles. The largest absolute Gasteiger partial charge is 0.504 e. The van der Waals surface area contributed by atoms with Gasteiger partial charge in [0.2, 0.25) is 5.95 Å². The zero-order valence-electron chi connectivity index (χ0n) is 17.6. The first-order valence-electron chi connectivity index (χ1n) is 9.93. The maximum absolute atomic E-state index is 12.2. The summed E-state index contributed by atoms with van der Waals surface area (Å²) in [5.41, 5.74) is 1.37. The van der Waals surface area contributed by atoms with Gasteiger partial charge in [-0.1, -0.05) is 15.9 Å². The second-order valence-electron chi connectivity index (χ2n) is 7.55. The van der Waals surface area contributed by atoms with Crippen molar-refractivity contribution in [3.8, 4) is 11.5 Å². The smallest absolute Gasteiger partial charge is 0.293 e. The molecule has 2 fully saturated rings. The first-order chi connectivity index (χ1) is 15.3. The predicted molar refractivity (Wildman–Crippen MR) is 126 cm³/mol. The Morgan fingerprint density at radius 2 is 1.84 bits per heavy atom. The minimum Gasteiger partial charge on any atom is -0.504 e. The molecule has 0 bridgehead atoms. The Labute approximate surface area is 198 Å². The summed E-state index contributed by atoms with van der Waals surface area (Å²) >= 11 is 4.25. The molecule has 4 rings (SSSR count). The standard InChI is InChI=1S/C21H22BrN5O4S/c1-25-3-5-27(6-4-25)20-23-10-13(11-24-20)12-31-17-7-14(15(22)9-16(17)28)8-18-19(29)26(2)21(30)32-18/h7-11,28H,3-6,12H2,1-2H3/b18-8-. The van der Waals surface area contributed by atoms with Crippen LogP contribution in [0.15, 0.2) is 33.9 Å². The average molecular weight is 520 g/mol. The molecule has 0 saturated carbocycles. The number of rotatable bonds is 5. The number of imide groups is 1. The number of benzene rings is 1. The number of aromatic nitrogens is 2. The van der Waals surface area contributed by atoms with E-state index in [0.717, 1.165) is 48.4 Å². The number of ether oxygens (including phenoxy) is 1. The lowest BCUT2D eigenvalue weighted by atomic mass is 10.2. The van der Waals surface area contributed by atoms with Crippen molar-refractivity contribution >= 4 is 50.9 Å². The van der Waals surface area contributed by atoms with Gasteiger partial charge < -0.3 is 19.6 Å². The molecule has 3 heterocycles. The normalized spacial score (nSPS) is 18.7. The number of carbonyl (C=O) groups is 2. The number of phenolic OH excluding ortho intramolecular Hbond substituents is 1. The highest BCUT2D eigenvalue weighted by atomic mass is 79.9. The molecule has 32 heavy (non-hydrogen) atoms. The molecule has 0 atom stereocenters. The second kappa shape index (κ2) is 9.47. The summed E-state index contributed by atoms with van der Waals surface area (Å²) in [6, 6.07) is 3.10. The highest BCUT2D eigenvalue weighted by Gasteiger charge is 2.32. The zero-order valence-corrected chi connectivity index (χ0v) is 20.0. The molecular weight excluding hydrogens is 498 g/mol. The number of thioether (sulfide) groups is 1. The first kappa shape index (κ1) is 22.6. The number of anilines is 1. The maximum Gasteiger partial charge on any atom is 0.293 e. The van der Waals surface area contributed by atoms with Crippen LogP contribution in [0.1, 0.15) is 11.1 Å². The van der Waals surface area contributed by atoms with E-state index >= 15 is 0 Å². The quantitative estimate of drug-likeness (QED) is 0.597. The number of nitrogens with zero attached hydrogens (tertiary/aromatic N) is 5. The van der Waals surface area contributed by atoms with Crippen LogP contribution in [0.2, 0.25) is 0 Å². The molecule has 2 aromatic rings. The number of phenols is 1. The fourth-order valence-electron chi connectivity index (χ4n) is 3.22. The van der Waals surface area contributed by atoms with Gasteiger partial charge in [-0.3, -0.25) is 14.5 Å². The van der Waals surface area contributed by atoms with E-state index < -0.39 is 0 Å². The molecule has 11 heteroatoms. The minimum absolute atomic E-state index is 0.0485. The Morgan fingerprint density at radius 3 is 2.47 bits per heavy atom. The topological polar surface area (TPSA) is 99.1 Å². The van der Waals surface area contributed by atoms with E-state index in [4.69, 9.17) is 4.74 Å². The molecule has 0 aliphatic carbocycles. The van der Waals surface area contributed by atoms with Gasteiger partial charge in [0.05, 0.1) is 4.91 Å². The van der Waals surface area contributed by atoms with Crippen molar-refractivity contribution in [2.75, 3.05) is 45.2 Å². The van der Waals surface area contributed by atoms with E-state index in [0.29, 0.717) is 20.9 Å². The third-order valence-electron chi connectivity index (χ3n) is 5.22. The summed E-state index contributed by atoms with van der Waals surface area (Å²) in [4.78, 5) is 38.6. The maximum atomic E-state index is 12.2. The molecule has 0 spiro atoms. The van der Waals surface area contributed by atoms with Crippen LogP contribution in [-0.4, -0.2) is 76.3 Å². The third kappa shape index (κ3) is 4.89. The molecule has 1 aromatic carbocycles. The van der Waals surface area contributed by atoms with Crippen LogP contribution in [0.4, 0.5) is 10.7 Å². The van der Waals surface area contributed by atoms with Crippen molar-refractivity contribution in [1.29, 1.82) is 0 Å².